The zero-order valence-electron chi connectivity index (χ0n) is 22.2. The van der Waals surface area contributed by atoms with E-state index in [2.05, 4.69) is 15.3 Å². The quantitative estimate of drug-likeness (QED) is 0.267. The van der Waals surface area contributed by atoms with Crippen LogP contribution in [0.4, 0.5) is 11.4 Å². The van der Waals surface area contributed by atoms with E-state index in [1.807, 2.05) is 89.2 Å². The van der Waals surface area contributed by atoms with Gasteiger partial charge in [0.25, 0.3) is 0 Å². The number of carbonyl (C=O) groups excluding carboxylic acids is 2. The van der Waals surface area contributed by atoms with Crippen molar-refractivity contribution in [2.75, 3.05) is 30.1 Å². The highest BCUT2D eigenvalue weighted by atomic mass is 35.5. The molecule has 3 aromatic rings. The first-order chi connectivity index (χ1) is 17.5. The van der Waals surface area contributed by atoms with Gasteiger partial charge in [-0.3, -0.25) is 9.59 Å². The fraction of sp³-hybridized carbons (Fsp3) is 0.357. The van der Waals surface area contributed by atoms with E-state index < -0.39 is 6.04 Å². The van der Waals surface area contributed by atoms with E-state index in [1.54, 1.807) is 17.0 Å². The van der Waals surface area contributed by atoms with Crippen molar-refractivity contribution >= 4 is 46.6 Å². The van der Waals surface area contributed by atoms with Gasteiger partial charge in [0.2, 0.25) is 11.8 Å². The maximum absolute atomic E-state index is 13.6. The van der Waals surface area contributed by atoms with Gasteiger partial charge in [-0.1, -0.05) is 49.3 Å². The number of aryl methyl sites for hydroxylation is 2. The third-order valence-corrected chi connectivity index (χ3v) is 6.84. The number of nitrogens with one attached hydrogen (secondary N) is 1. The molecule has 1 atom stereocenters. The van der Waals surface area contributed by atoms with Crippen LogP contribution in [-0.4, -0.2) is 52.6 Å². The summed E-state index contributed by atoms with van der Waals surface area (Å²) < 4.78 is 0. The van der Waals surface area contributed by atoms with Crippen molar-refractivity contribution in [3.05, 3.63) is 76.6 Å². The van der Waals surface area contributed by atoms with Gasteiger partial charge in [0.05, 0.1) is 5.75 Å². The minimum absolute atomic E-state index is 0.116. The zero-order chi connectivity index (χ0) is 27.1. The second-order valence-electron chi connectivity index (χ2n) is 9.49. The summed E-state index contributed by atoms with van der Waals surface area (Å²) in [6, 6.07) is 16.1. The van der Waals surface area contributed by atoms with E-state index in [0.717, 1.165) is 22.6 Å². The van der Waals surface area contributed by atoms with Gasteiger partial charge in [-0.15, -0.1) is 0 Å². The molecule has 196 valence electrons. The Morgan fingerprint density at radius 2 is 1.57 bits per heavy atom. The first-order valence-corrected chi connectivity index (χ1v) is 13.5. The molecule has 2 amide bonds. The van der Waals surface area contributed by atoms with Crippen LogP contribution in [0.2, 0.25) is 5.02 Å². The summed E-state index contributed by atoms with van der Waals surface area (Å²) >= 11 is 7.35. The van der Waals surface area contributed by atoms with Crippen LogP contribution in [0.5, 0.6) is 0 Å². The van der Waals surface area contributed by atoms with Crippen LogP contribution in [0, 0.1) is 19.8 Å². The van der Waals surface area contributed by atoms with Crippen molar-refractivity contribution in [2.45, 2.75) is 45.4 Å². The Labute approximate surface area is 228 Å². The average Bonchev–Trinajstić information content (AvgIpc) is 2.83. The van der Waals surface area contributed by atoms with Crippen molar-refractivity contribution in [3.63, 3.8) is 0 Å². The summed E-state index contributed by atoms with van der Waals surface area (Å²) in [4.78, 5) is 39.7. The number of aromatic nitrogens is 2. The molecule has 0 radical (unpaired) electrons. The number of halogens is 1. The van der Waals surface area contributed by atoms with E-state index in [9.17, 15) is 9.59 Å². The number of amides is 2. The third-order valence-electron chi connectivity index (χ3n) is 5.76. The van der Waals surface area contributed by atoms with Crippen LogP contribution in [-0.2, 0) is 16.1 Å². The maximum atomic E-state index is 13.6. The number of hydrogen-bond donors (Lipinski definition) is 1. The molecule has 0 aliphatic heterocycles. The van der Waals surface area contributed by atoms with Gasteiger partial charge < -0.3 is 15.1 Å². The van der Waals surface area contributed by atoms with Gasteiger partial charge in [0, 0.05) is 48.4 Å². The number of thioether (sulfide) groups is 1. The molecule has 7 nitrogen and oxygen atoms in total. The molecule has 37 heavy (non-hydrogen) atoms. The van der Waals surface area contributed by atoms with Crippen LogP contribution in [0.3, 0.4) is 0 Å². The third kappa shape index (κ3) is 8.20. The van der Waals surface area contributed by atoms with Gasteiger partial charge in [-0.05, 0) is 67.8 Å². The maximum Gasteiger partial charge on any atom is 0.247 e. The normalized spacial score (nSPS) is 11.8. The molecule has 0 saturated carbocycles. The first kappa shape index (κ1) is 28.5. The summed E-state index contributed by atoms with van der Waals surface area (Å²) in [6.45, 7) is 7.97. The van der Waals surface area contributed by atoms with E-state index in [4.69, 9.17) is 11.6 Å². The molecule has 1 heterocycles. The predicted octanol–water partition coefficient (Wildman–Crippen LogP) is 5.60. The minimum Gasteiger partial charge on any atom is -0.378 e. The Hall–Kier alpha value is -3.10. The van der Waals surface area contributed by atoms with Crippen molar-refractivity contribution in [2.24, 2.45) is 5.92 Å². The van der Waals surface area contributed by atoms with Gasteiger partial charge in [-0.25, -0.2) is 9.97 Å². The molecular weight excluding hydrogens is 506 g/mol. The second-order valence-corrected chi connectivity index (χ2v) is 10.9. The van der Waals surface area contributed by atoms with E-state index in [0.29, 0.717) is 15.9 Å². The lowest BCUT2D eigenvalue weighted by Crippen LogP contribution is -2.50. The fourth-order valence-electron chi connectivity index (χ4n) is 3.96. The standard InChI is InChI=1S/C28H34ClN5O2S/c1-18(2)26(27(36)32-23-11-13-24(14-12-23)33(5)6)34(16-21-7-9-22(29)10-8-21)25(35)17-37-28-30-19(3)15-20(4)31-28/h7-15,18,26H,16-17H2,1-6H3,(H,32,36). The molecule has 1 unspecified atom stereocenters. The Kier molecular flexibility index (Phi) is 9.94. The molecule has 2 aromatic carbocycles. The predicted molar refractivity (Wildman–Crippen MR) is 152 cm³/mol. The lowest BCUT2D eigenvalue weighted by atomic mass is 10.00. The SMILES string of the molecule is Cc1cc(C)nc(SCC(=O)N(Cc2ccc(Cl)cc2)C(C(=O)Nc2ccc(N(C)C)cc2)C(C)C)n1. The Balaban J connectivity index is 1.85. The topological polar surface area (TPSA) is 78.4 Å². The number of anilines is 2. The van der Waals surface area contributed by atoms with E-state index >= 15 is 0 Å². The van der Waals surface area contributed by atoms with E-state index in [1.165, 1.54) is 11.8 Å². The van der Waals surface area contributed by atoms with Gasteiger partial charge in [0.15, 0.2) is 5.16 Å². The van der Waals surface area contributed by atoms with Crippen LogP contribution in [0.15, 0.2) is 59.8 Å². The number of benzene rings is 2. The average molecular weight is 540 g/mol. The summed E-state index contributed by atoms with van der Waals surface area (Å²) in [5.74, 6) is -0.410. The molecule has 0 aliphatic carbocycles. The monoisotopic (exact) mass is 539 g/mol. The van der Waals surface area contributed by atoms with Crippen molar-refractivity contribution in [1.82, 2.24) is 14.9 Å². The number of carbonyl (C=O) groups is 2. The number of hydrogen-bond acceptors (Lipinski definition) is 6. The molecule has 1 N–H and O–H groups in total. The lowest BCUT2D eigenvalue weighted by molar-refractivity contribution is -0.138. The van der Waals surface area contributed by atoms with Crippen LogP contribution < -0.4 is 10.2 Å². The molecule has 0 spiro atoms. The van der Waals surface area contributed by atoms with E-state index in [-0.39, 0.29) is 30.0 Å². The molecule has 1 aromatic heterocycles. The van der Waals surface area contributed by atoms with Crippen molar-refractivity contribution in [1.29, 1.82) is 0 Å². The molecule has 0 fully saturated rings. The Bertz CT molecular complexity index is 1200. The summed E-state index contributed by atoms with van der Waals surface area (Å²) in [7, 11) is 3.92. The lowest BCUT2D eigenvalue weighted by Gasteiger charge is -2.33. The molecule has 0 aliphatic rings. The highest BCUT2D eigenvalue weighted by molar-refractivity contribution is 7.99. The molecule has 0 saturated heterocycles. The van der Waals surface area contributed by atoms with Gasteiger partial charge >= 0.3 is 0 Å². The Morgan fingerprint density at radius 1 is 0.973 bits per heavy atom. The number of rotatable bonds is 10. The molecular formula is C28H34ClN5O2S. The smallest absolute Gasteiger partial charge is 0.247 e. The second kappa shape index (κ2) is 12.9. The van der Waals surface area contributed by atoms with Crippen LogP contribution in [0.1, 0.15) is 30.8 Å². The summed E-state index contributed by atoms with van der Waals surface area (Å²) in [6.07, 6.45) is 0. The first-order valence-electron chi connectivity index (χ1n) is 12.1. The minimum atomic E-state index is -0.683. The highest BCUT2D eigenvalue weighted by Gasteiger charge is 2.33. The molecule has 0 bridgehead atoms. The van der Waals surface area contributed by atoms with Gasteiger partial charge in [-0.2, -0.15) is 0 Å². The molecule has 9 heteroatoms. The summed E-state index contributed by atoms with van der Waals surface area (Å²) in [5, 5.41) is 4.16. The number of nitrogens with zero attached hydrogens (tertiary/aromatic N) is 4. The molecule has 3 rings (SSSR count). The fourth-order valence-corrected chi connectivity index (χ4v) is 4.92. The highest BCUT2D eigenvalue weighted by Crippen LogP contribution is 2.23. The van der Waals surface area contributed by atoms with Gasteiger partial charge in [0.1, 0.15) is 6.04 Å². The summed E-state index contributed by atoms with van der Waals surface area (Å²) in [5.41, 5.74) is 4.29. The van der Waals surface area contributed by atoms with Crippen molar-refractivity contribution < 1.29 is 9.59 Å². The zero-order valence-corrected chi connectivity index (χ0v) is 23.7. The Morgan fingerprint density at radius 3 is 2.11 bits per heavy atom. The van der Waals surface area contributed by atoms with Crippen LogP contribution >= 0.6 is 23.4 Å². The van der Waals surface area contributed by atoms with Crippen LogP contribution in [0.25, 0.3) is 0 Å². The van der Waals surface area contributed by atoms with Crippen molar-refractivity contribution in [3.8, 4) is 0 Å². The largest absolute Gasteiger partial charge is 0.378 e.